The van der Waals surface area contributed by atoms with Crippen LogP contribution in [0.5, 0.6) is 0 Å². The van der Waals surface area contributed by atoms with Gasteiger partial charge in [-0.25, -0.2) is 0 Å². The van der Waals surface area contributed by atoms with Gasteiger partial charge in [0.2, 0.25) is 5.91 Å². The molecule has 3 heterocycles. The Bertz CT molecular complexity index is 2190. The lowest BCUT2D eigenvalue weighted by molar-refractivity contribution is -0.139. The van der Waals surface area contributed by atoms with Crippen molar-refractivity contribution >= 4 is 34.1 Å². The SMILES string of the molecule is C[C@H](/C=C/CCn1cc(C(CO)c2ccccc2)nn1)[C@@]1(O)C(=O)N(Cc2cccc(NC(=O)Cc3c[nH]c4ccccc34)c2)c2ccccc21. The highest BCUT2D eigenvalue weighted by Crippen LogP contribution is 2.45. The van der Waals surface area contributed by atoms with E-state index >= 15 is 0 Å². The summed E-state index contributed by atoms with van der Waals surface area (Å²) in [4.78, 5) is 31.9. The number of carbonyl (C=O) groups is 2. The Labute approximate surface area is 296 Å². The summed E-state index contributed by atoms with van der Waals surface area (Å²) < 4.78 is 1.74. The second-order valence-corrected chi connectivity index (χ2v) is 13.0. The van der Waals surface area contributed by atoms with E-state index in [9.17, 15) is 19.8 Å². The van der Waals surface area contributed by atoms with E-state index in [0.717, 1.165) is 27.6 Å². The fourth-order valence-corrected chi connectivity index (χ4v) is 6.93. The fraction of sp³-hybridized carbons (Fsp3) is 0.220. The third-order valence-electron chi connectivity index (χ3n) is 9.66. The van der Waals surface area contributed by atoms with Gasteiger partial charge in [0.15, 0.2) is 5.60 Å². The summed E-state index contributed by atoms with van der Waals surface area (Å²) in [5, 5.41) is 34.6. The third kappa shape index (κ3) is 6.84. The predicted octanol–water partition coefficient (Wildman–Crippen LogP) is 6.08. The zero-order valence-electron chi connectivity index (χ0n) is 28.3. The van der Waals surface area contributed by atoms with Gasteiger partial charge in [0, 0.05) is 47.0 Å². The molecule has 2 amide bonds. The normalized spacial score (nSPS) is 16.8. The fourth-order valence-electron chi connectivity index (χ4n) is 6.93. The Kier molecular flexibility index (Phi) is 9.61. The lowest BCUT2D eigenvalue weighted by Crippen LogP contribution is -2.44. The number of hydrogen-bond acceptors (Lipinski definition) is 6. The molecular weight excluding hydrogens is 640 g/mol. The zero-order chi connectivity index (χ0) is 35.4. The van der Waals surface area contributed by atoms with Crippen LogP contribution in [0.4, 0.5) is 11.4 Å². The standard InChI is InChI=1S/C41H40N6O4/c1-28(12-9-10-21-46-26-37(44-45-46)34(27-48)30-14-3-2-4-15-30)41(51)35-18-6-8-20-38(35)47(40(41)50)25-29-13-11-16-32(22-29)43-39(49)23-31-24-42-36-19-7-5-17-33(31)36/h2-9,11-20,22,24,26,28,34,42,48,51H,10,21,23,25,27H2,1H3,(H,43,49)/b12-9+/t28-,34?,41+/m1/s1. The molecule has 0 bridgehead atoms. The highest BCUT2D eigenvalue weighted by atomic mass is 16.3. The Balaban J connectivity index is 1.00. The number of benzene rings is 4. The average molecular weight is 681 g/mol. The summed E-state index contributed by atoms with van der Waals surface area (Å²) in [5.41, 5.74) is 4.50. The van der Waals surface area contributed by atoms with Crippen molar-refractivity contribution in [1.29, 1.82) is 0 Å². The van der Waals surface area contributed by atoms with Crippen molar-refractivity contribution in [2.75, 3.05) is 16.8 Å². The smallest absolute Gasteiger partial charge is 0.264 e. The molecule has 6 aromatic rings. The molecule has 0 aliphatic carbocycles. The molecule has 1 aliphatic rings. The molecule has 4 N–H and O–H groups in total. The van der Waals surface area contributed by atoms with Crippen LogP contribution in [0.25, 0.3) is 10.9 Å². The maximum Gasteiger partial charge on any atom is 0.264 e. The van der Waals surface area contributed by atoms with Crippen LogP contribution >= 0.6 is 0 Å². The second-order valence-electron chi connectivity index (χ2n) is 13.0. The molecule has 4 aromatic carbocycles. The zero-order valence-corrected chi connectivity index (χ0v) is 28.3. The van der Waals surface area contributed by atoms with Crippen LogP contribution in [-0.2, 0) is 34.7 Å². The van der Waals surface area contributed by atoms with Crippen molar-refractivity contribution in [3.8, 4) is 0 Å². The topological polar surface area (TPSA) is 136 Å². The number of hydrogen-bond donors (Lipinski definition) is 4. The molecule has 0 spiro atoms. The van der Waals surface area contributed by atoms with Crippen LogP contribution in [0.2, 0.25) is 0 Å². The summed E-state index contributed by atoms with van der Waals surface area (Å²) >= 11 is 0. The molecule has 1 aliphatic heterocycles. The molecule has 2 aromatic heterocycles. The number of aryl methyl sites for hydroxylation is 1. The number of aliphatic hydroxyl groups is 2. The largest absolute Gasteiger partial charge is 0.395 e. The van der Waals surface area contributed by atoms with Crippen LogP contribution in [0, 0.1) is 5.92 Å². The number of amides is 2. The van der Waals surface area contributed by atoms with E-state index in [1.54, 1.807) is 15.6 Å². The lowest BCUT2D eigenvalue weighted by Gasteiger charge is -2.27. The van der Waals surface area contributed by atoms with Crippen molar-refractivity contribution in [3.63, 3.8) is 0 Å². The summed E-state index contributed by atoms with van der Waals surface area (Å²) in [6.07, 6.45) is 8.37. The highest BCUT2D eigenvalue weighted by molar-refractivity contribution is 6.07. The number of aromatic amines is 1. The monoisotopic (exact) mass is 680 g/mol. The summed E-state index contributed by atoms with van der Waals surface area (Å²) in [5.74, 6) is -1.31. The predicted molar refractivity (Wildman–Crippen MR) is 197 cm³/mol. The molecule has 10 nitrogen and oxygen atoms in total. The minimum Gasteiger partial charge on any atom is -0.395 e. The third-order valence-corrected chi connectivity index (χ3v) is 9.66. The molecule has 51 heavy (non-hydrogen) atoms. The summed E-state index contributed by atoms with van der Waals surface area (Å²) in [6, 6.07) is 32.4. The first-order valence-corrected chi connectivity index (χ1v) is 17.1. The maximum atomic E-state index is 14.1. The van der Waals surface area contributed by atoms with Crippen LogP contribution in [0.15, 0.2) is 128 Å². The van der Waals surface area contributed by atoms with Gasteiger partial charge in [-0.15, -0.1) is 5.10 Å². The Morgan fingerprint density at radius 3 is 2.63 bits per heavy atom. The highest BCUT2D eigenvalue weighted by Gasteiger charge is 2.52. The number of nitrogens with one attached hydrogen (secondary N) is 2. The van der Waals surface area contributed by atoms with Gasteiger partial charge in [-0.1, -0.05) is 103 Å². The molecule has 0 saturated heterocycles. The van der Waals surface area contributed by atoms with Crippen molar-refractivity contribution in [1.82, 2.24) is 20.0 Å². The van der Waals surface area contributed by atoms with Gasteiger partial charge < -0.3 is 25.4 Å². The van der Waals surface area contributed by atoms with Gasteiger partial charge in [-0.2, -0.15) is 0 Å². The Morgan fingerprint density at radius 2 is 1.78 bits per heavy atom. The molecule has 0 saturated carbocycles. The second kappa shape index (κ2) is 14.6. The Morgan fingerprint density at radius 1 is 1.00 bits per heavy atom. The van der Waals surface area contributed by atoms with E-state index in [2.05, 4.69) is 20.6 Å². The number of H-pyrrole nitrogens is 1. The molecular formula is C41H40N6O4. The van der Waals surface area contributed by atoms with Gasteiger partial charge in [0.25, 0.3) is 5.91 Å². The molecule has 1 unspecified atom stereocenters. The number of allylic oxidation sites excluding steroid dienone is 1. The van der Waals surface area contributed by atoms with Crippen molar-refractivity contribution < 1.29 is 19.8 Å². The van der Waals surface area contributed by atoms with Gasteiger partial charge in [0.1, 0.15) is 0 Å². The van der Waals surface area contributed by atoms with E-state index in [0.29, 0.717) is 35.6 Å². The molecule has 258 valence electrons. The van der Waals surface area contributed by atoms with Gasteiger partial charge in [-0.3, -0.25) is 14.3 Å². The first-order chi connectivity index (χ1) is 24.8. The minimum absolute atomic E-state index is 0.0697. The van der Waals surface area contributed by atoms with Crippen LogP contribution in [0.1, 0.15) is 47.2 Å². The first kappa shape index (κ1) is 33.6. The van der Waals surface area contributed by atoms with Crippen LogP contribution in [-0.4, -0.2) is 48.6 Å². The number of para-hydroxylation sites is 2. The van der Waals surface area contributed by atoms with Gasteiger partial charge in [-0.05, 0) is 47.4 Å². The summed E-state index contributed by atoms with van der Waals surface area (Å²) in [6.45, 7) is 2.55. The number of carbonyl (C=O) groups excluding carboxylic acids is 2. The van der Waals surface area contributed by atoms with Gasteiger partial charge in [0.05, 0.1) is 36.9 Å². The van der Waals surface area contributed by atoms with Crippen molar-refractivity contribution in [2.24, 2.45) is 5.92 Å². The molecule has 7 rings (SSSR count). The molecule has 0 fully saturated rings. The lowest BCUT2D eigenvalue weighted by atomic mass is 9.83. The average Bonchev–Trinajstić information content (AvgIpc) is 3.84. The number of nitrogens with zero attached hydrogens (tertiary/aromatic N) is 4. The van der Waals surface area contributed by atoms with Crippen molar-refractivity contribution in [2.45, 2.75) is 44.4 Å². The number of aliphatic hydroxyl groups excluding tert-OH is 1. The van der Waals surface area contributed by atoms with E-state index in [1.807, 2.05) is 129 Å². The minimum atomic E-state index is -1.75. The quantitative estimate of drug-likeness (QED) is 0.109. The van der Waals surface area contributed by atoms with Crippen molar-refractivity contribution in [3.05, 3.63) is 156 Å². The van der Waals surface area contributed by atoms with E-state index < -0.39 is 17.4 Å². The number of aromatic nitrogens is 4. The first-order valence-electron chi connectivity index (χ1n) is 17.1. The molecule has 0 radical (unpaired) electrons. The number of anilines is 2. The number of fused-ring (bicyclic) bond motifs is 2. The van der Waals surface area contributed by atoms with E-state index in [1.165, 1.54) is 0 Å². The maximum absolute atomic E-state index is 14.1. The Hall–Kier alpha value is -5.84. The van der Waals surface area contributed by atoms with Crippen LogP contribution in [0.3, 0.4) is 0 Å². The number of rotatable bonds is 13. The molecule has 10 heteroatoms. The van der Waals surface area contributed by atoms with Gasteiger partial charge >= 0.3 is 0 Å². The van der Waals surface area contributed by atoms with E-state index in [4.69, 9.17) is 0 Å². The van der Waals surface area contributed by atoms with Crippen LogP contribution < -0.4 is 10.2 Å². The summed E-state index contributed by atoms with van der Waals surface area (Å²) in [7, 11) is 0. The molecule has 3 atom stereocenters. The van der Waals surface area contributed by atoms with E-state index in [-0.39, 0.29) is 31.4 Å².